The number of carbonyl (C=O) groups excluding carboxylic acids is 1. The van der Waals surface area contributed by atoms with Gasteiger partial charge in [0.25, 0.3) is 0 Å². The highest BCUT2D eigenvalue weighted by Gasteiger charge is 2.03. The standard InChI is InChI=1S/C13H18N2O5/c1-2-19-7-6-14-13(18)15-10-4-3-5-11(8-10)20-9-12(16)17/h3-5,8H,2,6-7,9H2,1H3,(H,16,17)(H2,14,15,18). The number of anilines is 1. The highest BCUT2D eigenvalue weighted by atomic mass is 16.5. The first kappa shape index (κ1) is 15.8. The Morgan fingerprint density at radius 2 is 2.15 bits per heavy atom. The molecule has 0 aliphatic heterocycles. The molecule has 110 valence electrons. The molecule has 0 aliphatic carbocycles. The van der Waals surface area contributed by atoms with Gasteiger partial charge in [0.2, 0.25) is 0 Å². The SMILES string of the molecule is CCOCCNC(=O)Nc1cccc(OCC(=O)O)c1. The predicted octanol–water partition coefficient (Wildman–Crippen LogP) is 1.31. The van der Waals surface area contributed by atoms with Crippen molar-refractivity contribution >= 4 is 17.7 Å². The molecule has 2 amide bonds. The molecular formula is C13H18N2O5. The fraction of sp³-hybridized carbons (Fsp3) is 0.385. The van der Waals surface area contributed by atoms with Crippen LogP contribution in [0, 0.1) is 0 Å². The fourth-order valence-electron chi connectivity index (χ4n) is 1.37. The van der Waals surface area contributed by atoms with E-state index in [1.165, 1.54) is 0 Å². The summed E-state index contributed by atoms with van der Waals surface area (Å²) in [6.45, 7) is 2.92. The van der Waals surface area contributed by atoms with Gasteiger partial charge in [-0.2, -0.15) is 0 Å². The molecule has 1 aromatic carbocycles. The lowest BCUT2D eigenvalue weighted by molar-refractivity contribution is -0.139. The maximum absolute atomic E-state index is 11.5. The monoisotopic (exact) mass is 282 g/mol. The Labute approximate surface area is 116 Å². The van der Waals surface area contributed by atoms with E-state index < -0.39 is 12.6 Å². The molecule has 0 spiro atoms. The summed E-state index contributed by atoms with van der Waals surface area (Å²) >= 11 is 0. The number of urea groups is 1. The fourth-order valence-corrected chi connectivity index (χ4v) is 1.37. The minimum atomic E-state index is -1.06. The van der Waals surface area contributed by atoms with Crippen LogP contribution in [-0.4, -0.2) is 43.5 Å². The minimum Gasteiger partial charge on any atom is -0.482 e. The Kier molecular flexibility index (Phi) is 6.91. The van der Waals surface area contributed by atoms with Crippen molar-refractivity contribution in [3.63, 3.8) is 0 Å². The molecule has 1 aromatic rings. The summed E-state index contributed by atoms with van der Waals surface area (Å²) in [6.07, 6.45) is 0. The first-order valence-electron chi connectivity index (χ1n) is 6.19. The summed E-state index contributed by atoms with van der Waals surface area (Å²) in [5, 5.41) is 13.8. The Hall–Kier alpha value is -2.28. The first-order chi connectivity index (χ1) is 9.61. The Morgan fingerprint density at radius 3 is 2.85 bits per heavy atom. The topological polar surface area (TPSA) is 96.9 Å². The molecule has 0 heterocycles. The number of nitrogens with one attached hydrogen (secondary N) is 2. The van der Waals surface area contributed by atoms with Gasteiger partial charge in [0.05, 0.1) is 6.61 Å². The molecule has 0 unspecified atom stereocenters. The molecule has 0 radical (unpaired) electrons. The van der Waals surface area contributed by atoms with E-state index >= 15 is 0 Å². The van der Waals surface area contributed by atoms with Gasteiger partial charge >= 0.3 is 12.0 Å². The van der Waals surface area contributed by atoms with Crippen LogP contribution in [0.2, 0.25) is 0 Å². The van der Waals surface area contributed by atoms with Gasteiger partial charge in [-0.15, -0.1) is 0 Å². The van der Waals surface area contributed by atoms with E-state index in [4.69, 9.17) is 14.6 Å². The lowest BCUT2D eigenvalue weighted by Crippen LogP contribution is -2.31. The zero-order valence-electron chi connectivity index (χ0n) is 11.2. The summed E-state index contributed by atoms with van der Waals surface area (Å²) in [6, 6.07) is 6.13. The molecule has 0 fully saturated rings. The number of hydrogen-bond donors (Lipinski definition) is 3. The van der Waals surface area contributed by atoms with E-state index in [2.05, 4.69) is 10.6 Å². The van der Waals surface area contributed by atoms with Crippen molar-refractivity contribution < 1.29 is 24.2 Å². The van der Waals surface area contributed by atoms with Crippen LogP contribution in [-0.2, 0) is 9.53 Å². The lowest BCUT2D eigenvalue weighted by atomic mass is 10.3. The van der Waals surface area contributed by atoms with Crippen molar-refractivity contribution in [2.75, 3.05) is 31.7 Å². The summed E-state index contributed by atoms with van der Waals surface area (Å²) < 4.78 is 10.1. The van der Waals surface area contributed by atoms with Gasteiger partial charge in [0.15, 0.2) is 6.61 Å². The van der Waals surface area contributed by atoms with Crippen molar-refractivity contribution in [2.24, 2.45) is 0 Å². The zero-order chi connectivity index (χ0) is 14.8. The molecule has 0 saturated heterocycles. The number of amides is 2. The van der Waals surface area contributed by atoms with Gasteiger partial charge in [0, 0.05) is 24.9 Å². The number of carbonyl (C=O) groups is 2. The predicted molar refractivity (Wildman–Crippen MR) is 73.1 cm³/mol. The largest absolute Gasteiger partial charge is 0.482 e. The van der Waals surface area contributed by atoms with E-state index in [0.717, 1.165) is 0 Å². The number of benzene rings is 1. The van der Waals surface area contributed by atoms with Crippen LogP contribution in [0.15, 0.2) is 24.3 Å². The molecule has 0 aromatic heterocycles. The minimum absolute atomic E-state index is 0.361. The van der Waals surface area contributed by atoms with E-state index in [1.807, 2.05) is 6.92 Å². The van der Waals surface area contributed by atoms with E-state index in [0.29, 0.717) is 31.2 Å². The Bertz CT molecular complexity index is 450. The van der Waals surface area contributed by atoms with Gasteiger partial charge in [0.1, 0.15) is 5.75 Å². The maximum Gasteiger partial charge on any atom is 0.341 e. The van der Waals surface area contributed by atoms with Gasteiger partial charge < -0.3 is 25.2 Å². The third-order valence-corrected chi connectivity index (χ3v) is 2.19. The van der Waals surface area contributed by atoms with Gasteiger partial charge in [-0.3, -0.25) is 0 Å². The Morgan fingerprint density at radius 1 is 1.35 bits per heavy atom. The highest BCUT2D eigenvalue weighted by Crippen LogP contribution is 2.17. The average molecular weight is 282 g/mol. The number of rotatable bonds is 8. The van der Waals surface area contributed by atoms with Gasteiger partial charge in [-0.25, -0.2) is 9.59 Å². The van der Waals surface area contributed by atoms with E-state index in [-0.39, 0.29) is 6.03 Å². The summed E-state index contributed by atoms with van der Waals surface area (Å²) in [5.74, 6) is -0.684. The van der Waals surface area contributed by atoms with Crippen molar-refractivity contribution in [2.45, 2.75) is 6.92 Å². The van der Waals surface area contributed by atoms with Crippen molar-refractivity contribution in [3.8, 4) is 5.75 Å². The third kappa shape index (κ3) is 6.60. The molecule has 0 saturated carbocycles. The van der Waals surface area contributed by atoms with E-state index in [1.54, 1.807) is 24.3 Å². The third-order valence-electron chi connectivity index (χ3n) is 2.19. The number of ether oxygens (including phenoxy) is 2. The quantitative estimate of drug-likeness (QED) is 0.625. The second-order valence-corrected chi connectivity index (χ2v) is 3.79. The van der Waals surface area contributed by atoms with Gasteiger partial charge in [-0.1, -0.05) is 6.07 Å². The molecule has 1 rings (SSSR count). The average Bonchev–Trinajstić information content (AvgIpc) is 2.42. The zero-order valence-corrected chi connectivity index (χ0v) is 11.2. The molecule has 7 heteroatoms. The maximum atomic E-state index is 11.5. The molecule has 7 nitrogen and oxygen atoms in total. The summed E-state index contributed by atoms with van der Waals surface area (Å²) in [7, 11) is 0. The van der Waals surface area contributed by atoms with Crippen LogP contribution in [0.3, 0.4) is 0 Å². The number of aliphatic carboxylic acids is 1. The molecule has 20 heavy (non-hydrogen) atoms. The van der Waals surface area contributed by atoms with Crippen LogP contribution in [0.1, 0.15) is 6.92 Å². The second-order valence-electron chi connectivity index (χ2n) is 3.79. The van der Waals surface area contributed by atoms with Crippen molar-refractivity contribution in [3.05, 3.63) is 24.3 Å². The smallest absolute Gasteiger partial charge is 0.341 e. The Balaban J connectivity index is 2.40. The summed E-state index contributed by atoms with van der Waals surface area (Å²) in [4.78, 5) is 21.9. The molecule has 3 N–H and O–H groups in total. The number of carboxylic acids is 1. The van der Waals surface area contributed by atoms with Crippen LogP contribution in [0.4, 0.5) is 10.5 Å². The lowest BCUT2D eigenvalue weighted by Gasteiger charge is -2.09. The summed E-state index contributed by atoms with van der Waals surface area (Å²) in [5.41, 5.74) is 0.516. The molecule has 0 atom stereocenters. The second kappa shape index (κ2) is 8.76. The van der Waals surface area contributed by atoms with Crippen molar-refractivity contribution in [1.29, 1.82) is 0 Å². The van der Waals surface area contributed by atoms with E-state index in [9.17, 15) is 9.59 Å². The van der Waals surface area contributed by atoms with Gasteiger partial charge in [-0.05, 0) is 19.1 Å². The molecular weight excluding hydrogens is 264 g/mol. The highest BCUT2D eigenvalue weighted by molar-refractivity contribution is 5.89. The normalized spacial score (nSPS) is 9.85. The van der Waals surface area contributed by atoms with Crippen LogP contribution in [0.25, 0.3) is 0 Å². The van der Waals surface area contributed by atoms with Crippen LogP contribution >= 0.6 is 0 Å². The molecule has 0 bridgehead atoms. The number of carboxylic acid groups (broad SMARTS) is 1. The first-order valence-corrected chi connectivity index (χ1v) is 6.19. The number of hydrogen-bond acceptors (Lipinski definition) is 4. The van der Waals surface area contributed by atoms with Crippen LogP contribution in [0.5, 0.6) is 5.75 Å². The van der Waals surface area contributed by atoms with Crippen molar-refractivity contribution in [1.82, 2.24) is 5.32 Å². The molecule has 0 aliphatic rings. The van der Waals surface area contributed by atoms with Crippen LogP contribution < -0.4 is 15.4 Å².